The van der Waals surface area contributed by atoms with Crippen molar-refractivity contribution >= 4 is 32.0 Å². The van der Waals surface area contributed by atoms with E-state index in [1.807, 2.05) is 0 Å². The fourth-order valence-electron chi connectivity index (χ4n) is 4.03. The third kappa shape index (κ3) is 3.04. The molecule has 1 saturated heterocycles. The second kappa shape index (κ2) is 7.21. The maximum atomic E-state index is 15.2. The monoisotopic (exact) mass is 441 g/mol. The molecule has 158 valence electrons. The number of hydrogen-bond acceptors (Lipinski definition) is 4. The molecule has 3 heterocycles. The van der Waals surface area contributed by atoms with Crippen LogP contribution in [0.5, 0.6) is 0 Å². The predicted molar refractivity (Wildman–Crippen MR) is 114 cm³/mol. The first-order valence-corrected chi connectivity index (χ1v) is 9.96. The van der Waals surface area contributed by atoms with Gasteiger partial charge in [0.1, 0.15) is 17.7 Å². The smallest absolute Gasteiger partial charge is 0.259 e. The van der Waals surface area contributed by atoms with Gasteiger partial charge in [0.25, 0.3) is 5.91 Å². The summed E-state index contributed by atoms with van der Waals surface area (Å²) in [4.78, 5) is 18.4. The van der Waals surface area contributed by atoms with Crippen molar-refractivity contribution in [3.63, 3.8) is 0 Å². The molecule has 0 bridgehead atoms. The lowest BCUT2D eigenvalue weighted by molar-refractivity contribution is -0.139. The second-order valence-electron chi connectivity index (χ2n) is 7.39. The molecule has 0 radical (unpaired) electrons. The van der Waals surface area contributed by atoms with Gasteiger partial charge in [-0.1, -0.05) is 0 Å². The number of fused-ring (bicyclic) bond motifs is 1. The van der Waals surface area contributed by atoms with Crippen molar-refractivity contribution in [3.8, 4) is 11.1 Å². The van der Waals surface area contributed by atoms with E-state index < -0.39 is 23.8 Å². The number of methoxy groups -OCH3 is 1. The lowest BCUT2D eigenvalue weighted by Gasteiger charge is -2.46. The molecule has 1 unspecified atom stereocenters. The molecule has 1 fully saturated rings. The molecule has 10 heteroatoms. The number of benzene rings is 2. The summed E-state index contributed by atoms with van der Waals surface area (Å²) in [6.45, 7) is 0. The topological polar surface area (TPSA) is 65.2 Å². The average molecular weight is 441 g/mol. The number of aryl methyl sites for hydroxylation is 1. The van der Waals surface area contributed by atoms with Gasteiger partial charge in [-0.15, -0.1) is 0 Å². The summed E-state index contributed by atoms with van der Waals surface area (Å²) < 4.78 is 39.0. The third-order valence-corrected chi connectivity index (χ3v) is 5.96. The summed E-state index contributed by atoms with van der Waals surface area (Å²) in [6, 6.07) is 6.81. The number of ether oxygens (including phenoxy) is 1. The zero-order valence-electron chi connectivity index (χ0n) is 16.7. The molecule has 7 nitrogen and oxygen atoms in total. The standard InChI is InChI=1S/C21H18F2N5O2P/c1-26-9-12(8-25-26)11-5-14(22)18(15(23)6-11)19-20(30-2)21(29)28(19)13-3-4-17-16(7-13)24-10-27(17)31/h3-10,19-20H,31H2,1-2H3/t19-,20-/m0/s1. The van der Waals surface area contributed by atoms with Gasteiger partial charge >= 0.3 is 0 Å². The quantitative estimate of drug-likeness (QED) is 0.360. The number of hydrogen-bond donors (Lipinski definition) is 0. The van der Waals surface area contributed by atoms with Crippen molar-refractivity contribution in [2.75, 3.05) is 12.0 Å². The van der Waals surface area contributed by atoms with Crippen LogP contribution in [-0.4, -0.2) is 38.2 Å². The summed E-state index contributed by atoms with van der Waals surface area (Å²) in [5.74, 6) is -1.87. The number of imidazole rings is 1. The molecule has 3 atom stereocenters. The average Bonchev–Trinajstić information content (AvgIpc) is 3.33. The van der Waals surface area contributed by atoms with Gasteiger partial charge in [0.15, 0.2) is 6.10 Å². The third-order valence-electron chi connectivity index (χ3n) is 5.55. The van der Waals surface area contributed by atoms with Crippen molar-refractivity contribution in [2.45, 2.75) is 12.1 Å². The fraction of sp³-hybridized carbons (Fsp3) is 0.190. The Hall–Kier alpha value is -3.16. The Bertz CT molecular complexity index is 1310. The normalized spacial score (nSPS) is 18.6. The highest BCUT2D eigenvalue weighted by molar-refractivity contribution is 7.14. The number of carbonyl (C=O) groups excluding carboxylic acids is 1. The van der Waals surface area contributed by atoms with Crippen LogP contribution < -0.4 is 4.90 Å². The molecule has 0 N–H and O–H groups in total. The van der Waals surface area contributed by atoms with Crippen LogP contribution in [0.1, 0.15) is 11.6 Å². The largest absolute Gasteiger partial charge is 0.369 e. The van der Waals surface area contributed by atoms with Crippen LogP contribution in [0.15, 0.2) is 49.1 Å². The molecule has 4 aromatic rings. The minimum atomic E-state index is -0.983. The van der Waals surface area contributed by atoms with Gasteiger partial charge in [-0.2, -0.15) is 5.10 Å². The minimum Gasteiger partial charge on any atom is -0.369 e. The van der Waals surface area contributed by atoms with E-state index in [0.29, 0.717) is 22.3 Å². The van der Waals surface area contributed by atoms with E-state index in [1.165, 1.54) is 30.3 Å². The number of β-lactam (4-membered cyclic amide) rings is 1. The van der Waals surface area contributed by atoms with Gasteiger partial charge in [0.2, 0.25) is 0 Å². The summed E-state index contributed by atoms with van der Waals surface area (Å²) in [6.07, 6.45) is 3.85. The number of aromatic nitrogens is 4. The molecule has 0 aliphatic carbocycles. The van der Waals surface area contributed by atoms with Crippen LogP contribution in [-0.2, 0) is 16.6 Å². The number of carbonyl (C=O) groups is 1. The second-order valence-corrected chi connectivity index (χ2v) is 7.95. The van der Waals surface area contributed by atoms with E-state index in [4.69, 9.17) is 4.74 Å². The Labute approximate surface area is 178 Å². The van der Waals surface area contributed by atoms with Crippen molar-refractivity contribution in [2.24, 2.45) is 7.05 Å². The molecular formula is C21H18F2N5O2P. The zero-order chi connectivity index (χ0) is 21.9. The Morgan fingerprint density at radius 2 is 1.87 bits per heavy atom. The summed E-state index contributed by atoms with van der Waals surface area (Å²) in [5, 5.41) is 4.04. The Morgan fingerprint density at radius 1 is 1.13 bits per heavy atom. The first-order valence-electron chi connectivity index (χ1n) is 9.45. The summed E-state index contributed by atoms with van der Waals surface area (Å²) in [7, 11) is 5.60. The van der Waals surface area contributed by atoms with Crippen LogP contribution in [0.2, 0.25) is 0 Å². The maximum Gasteiger partial charge on any atom is 0.259 e. The van der Waals surface area contributed by atoms with E-state index in [0.717, 1.165) is 5.52 Å². The van der Waals surface area contributed by atoms with E-state index >= 15 is 8.78 Å². The lowest BCUT2D eigenvalue weighted by Crippen LogP contribution is -2.60. The summed E-state index contributed by atoms with van der Waals surface area (Å²) in [5.41, 5.74) is 2.75. The van der Waals surface area contributed by atoms with Gasteiger partial charge in [0.05, 0.1) is 23.6 Å². The van der Waals surface area contributed by atoms with Gasteiger partial charge in [0, 0.05) is 37.2 Å². The van der Waals surface area contributed by atoms with Crippen LogP contribution in [0, 0.1) is 11.6 Å². The molecule has 0 saturated carbocycles. The summed E-state index contributed by atoms with van der Waals surface area (Å²) >= 11 is 0. The zero-order valence-corrected chi connectivity index (χ0v) is 17.8. The Kier molecular flexibility index (Phi) is 4.60. The van der Waals surface area contributed by atoms with Crippen molar-refractivity contribution in [3.05, 3.63) is 66.3 Å². The van der Waals surface area contributed by atoms with E-state index in [2.05, 4.69) is 19.5 Å². The van der Waals surface area contributed by atoms with E-state index in [-0.39, 0.29) is 11.5 Å². The molecule has 1 aliphatic heterocycles. The van der Waals surface area contributed by atoms with Crippen LogP contribution >= 0.6 is 9.39 Å². The Balaban J connectivity index is 1.58. The first-order chi connectivity index (χ1) is 14.9. The number of rotatable bonds is 4. The number of nitrogens with zero attached hydrogens (tertiary/aromatic N) is 5. The van der Waals surface area contributed by atoms with Gasteiger partial charge in [-0.3, -0.25) is 14.4 Å². The van der Waals surface area contributed by atoms with Crippen molar-refractivity contribution in [1.29, 1.82) is 0 Å². The highest BCUT2D eigenvalue weighted by Crippen LogP contribution is 2.44. The molecule has 31 heavy (non-hydrogen) atoms. The minimum absolute atomic E-state index is 0.212. The van der Waals surface area contributed by atoms with E-state index in [1.54, 1.807) is 46.8 Å². The highest BCUT2D eigenvalue weighted by atomic mass is 31.0. The lowest BCUT2D eigenvalue weighted by atomic mass is 9.88. The number of halogens is 2. The van der Waals surface area contributed by atoms with Crippen molar-refractivity contribution in [1.82, 2.24) is 19.1 Å². The molecule has 2 aromatic carbocycles. The van der Waals surface area contributed by atoms with Gasteiger partial charge in [-0.05, 0) is 45.3 Å². The fourth-order valence-corrected chi connectivity index (χ4v) is 4.32. The predicted octanol–water partition coefficient (Wildman–Crippen LogP) is 3.46. The first kappa shape index (κ1) is 19.8. The number of anilines is 1. The van der Waals surface area contributed by atoms with E-state index in [9.17, 15) is 4.79 Å². The van der Waals surface area contributed by atoms with Gasteiger partial charge < -0.3 is 9.07 Å². The molecular weight excluding hydrogens is 423 g/mol. The molecule has 2 aromatic heterocycles. The molecule has 5 rings (SSSR count). The highest BCUT2D eigenvalue weighted by Gasteiger charge is 2.51. The molecule has 0 spiro atoms. The van der Waals surface area contributed by atoms with Crippen LogP contribution in [0.4, 0.5) is 14.5 Å². The SMILES string of the molecule is CO[C@@H]1C(=O)N(c2ccc3c(c2)ncn3P)[C@H]1c1c(F)cc(-c2cnn(C)c2)cc1F. The van der Waals surface area contributed by atoms with Crippen molar-refractivity contribution < 1.29 is 18.3 Å². The van der Waals surface area contributed by atoms with Crippen LogP contribution in [0.25, 0.3) is 22.2 Å². The molecule has 1 amide bonds. The molecule has 1 aliphatic rings. The van der Waals surface area contributed by atoms with Crippen LogP contribution in [0.3, 0.4) is 0 Å². The Morgan fingerprint density at radius 3 is 2.52 bits per heavy atom. The van der Waals surface area contributed by atoms with Gasteiger partial charge in [-0.25, -0.2) is 13.8 Å². The maximum absolute atomic E-state index is 15.2. The number of amides is 1.